The Morgan fingerprint density at radius 2 is 2.04 bits per heavy atom. The second-order valence-corrected chi connectivity index (χ2v) is 6.13. The number of halogens is 1. The van der Waals surface area contributed by atoms with E-state index >= 15 is 0 Å². The van der Waals surface area contributed by atoms with Gasteiger partial charge in [-0.15, -0.1) is 0 Å². The van der Waals surface area contributed by atoms with Crippen LogP contribution in [0.4, 0.5) is 4.39 Å². The Hall–Kier alpha value is -2.70. The normalized spacial score (nSPS) is 17.4. The molecule has 1 saturated heterocycles. The van der Waals surface area contributed by atoms with Gasteiger partial charge in [0.1, 0.15) is 17.5 Å². The number of rotatable bonds is 3. The molecule has 0 bridgehead atoms. The van der Waals surface area contributed by atoms with E-state index in [1.807, 2.05) is 0 Å². The topological polar surface area (TPSA) is 67.2 Å². The Morgan fingerprint density at radius 1 is 1.28 bits per heavy atom. The first-order valence-electron chi connectivity index (χ1n) is 8.36. The highest BCUT2D eigenvalue weighted by Crippen LogP contribution is 2.23. The first kappa shape index (κ1) is 17.1. The first-order chi connectivity index (χ1) is 12.0. The predicted molar refractivity (Wildman–Crippen MR) is 91.0 cm³/mol. The fourth-order valence-electron chi connectivity index (χ4n) is 3.25. The maximum Gasteiger partial charge on any atom is 0.258 e. The number of piperidine rings is 1. The van der Waals surface area contributed by atoms with Crippen LogP contribution in [-0.2, 0) is 4.79 Å². The minimum atomic E-state index is -0.470. The summed E-state index contributed by atoms with van der Waals surface area (Å²) in [5.41, 5.74) is 1.23. The average Bonchev–Trinajstić information content (AvgIpc) is 3.02. The molecule has 1 N–H and O–H groups in total. The molecule has 2 amide bonds. The van der Waals surface area contributed by atoms with Gasteiger partial charge >= 0.3 is 0 Å². The van der Waals surface area contributed by atoms with Crippen LogP contribution < -0.4 is 5.32 Å². The van der Waals surface area contributed by atoms with Crippen molar-refractivity contribution in [2.24, 2.45) is 0 Å². The fraction of sp³-hybridized carbons (Fsp3) is 0.389. The van der Waals surface area contributed by atoms with Crippen molar-refractivity contribution in [1.82, 2.24) is 20.0 Å². The summed E-state index contributed by atoms with van der Waals surface area (Å²) >= 11 is 0. The molecule has 6 nitrogen and oxygen atoms in total. The summed E-state index contributed by atoms with van der Waals surface area (Å²) in [6.07, 6.45) is 3.86. The van der Waals surface area contributed by atoms with Crippen molar-refractivity contribution in [2.45, 2.75) is 32.2 Å². The molecule has 7 heteroatoms. The SMILES string of the molecule is CNC(=O)[C@H]1CCCCN1C(=O)c1cnn(-c2ccccc2F)c1C. The van der Waals surface area contributed by atoms with Crippen LogP contribution in [0.25, 0.3) is 5.69 Å². The molecule has 1 aromatic carbocycles. The molecule has 0 radical (unpaired) electrons. The Labute approximate surface area is 145 Å². The third-order valence-electron chi connectivity index (χ3n) is 4.63. The number of likely N-dealkylation sites (N-methyl/N-ethyl adjacent to an activating group) is 1. The van der Waals surface area contributed by atoms with Crippen LogP contribution in [0.5, 0.6) is 0 Å². The Bertz CT molecular complexity index is 802. The molecule has 25 heavy (non-hydrogen) atoms. The molecule has 1 aromatic heterocycles. The fourth-order valence-corrected chi connectivity index (χ4v) is 3.25. The molecule has 0 saturated carbocycles. The van der Waals surface area contributed by atoms with Crippen LogP contribution in [0.1, 0.15) is 35.3 Å². The molecule has 3 rings (SSSR count). The van der Waals surface area contributed by atoms with Gasteiger partial charge in [0.2, 0.25) is 5.91 Å². The van der Waals surface area contributed by atoms with Crippen molar-refractivity contribution in [3.05, 3.63) is 47.5 Å². The van der Waals surface area contributed by atoms with E-state index in [1.54, 1.807) is 37.1 Å². The minimum Gasteiger partial charge on any atom is -0.357 e. The van der Waals surface area contributed by atoms with Gasteiger partial charge in [-0.25, -0.2) is 9.07 Å². The number of carbonyl (C=O) groups excluding carboxylic acids is 2. The Morgan fingerprint density at radius 3 is 2.76 bits per heavy atom. The van der Waals surface area contributed by atoms with E-state index in [2.05, 4.69) is 10.4 Å². The molecule has 0 spiro atoms. The second-order valence-electron chi connectivity index (χ2n) is 6.13. The minimum absolute atomic E-state index is 0.160. The van der Waals surface area contributed by atoms with E-state index < -0.39 is 11.9 Å². The van der Waals surface area contributed by atoms with Gasteiger partial charge in [0.15, 0.2) is 0 Å². The summed E-state index contributed by atoms with van der Waals surface area (Å²) in [5.74, 6) is -0.811. The smallest absolute Gasteiger partial charge is 0.258 e. The van der Waals surface area contributed by atoms with Crippen molar-refractivity contribution in [1.29, 1.82) is 0 Å². The van der Waals surface area contributed by atoms with E-state index in [4.69, 9.17) is 0 Å². The maximum absolute atomic E-state index is 14.0. The molecule has 2 heterocycles. The molecule has 1 aliphatic heterocycles. The van der Waals surface area contributed by atoms with Gasteiger partial charge in [0.05, 0.1) is 17.5 Å². The summed E-state index contributed by atoms with van der Waals surface area (Å²) < 4.78 is 15.4. The lowest BCUT2D eigenvalue weighted by atomic mass is 10.00. The zero-order valence-corrected chi connectivity index (χ0v) is 14.3. The first-order valence-corrected chi connectivity index (χ1v) is 8.36. The summed E-state index contributed by atoms with van der Waals surface area (Å²) in [4.78, 5) is 26.7. The van der Waals surface area contributed by atoms with E-state index in [0.29, 0.717) is 29.9 Å². The molecule has 132 valence electrons. The van der Waals surface area contributed by atoms with Crippen LogP contribution in [0.2, 0.25) is 0 Å². The molecular weight excluding hydrogens is 323 g/mol. The van der Waals surface area contributed by atoms with Crippen LogP contribution in [0, 0.1) is 12.7 Å². The molecule has 1 fully saturated rings. The standard InChI is InChI=1S/C18H21FN4O2/c1-12-13(11-21-23(12)15-8-4-3-7-14(15)19)18(25)22-10-6-5-9-16(22)17(24)20-2/h3-4,7-8,11,16H,5-6,9-10H2,1-2H3,(H,20,24)/t16-/m1/s1. The average molecular weight is 344 g/mol. The van der Waals surface area contributed by atoms with Gasteiger partial charge in [0, 0.05) is 13.6 Å². The van der Waals surface area contributed by atoms with Crippen LogP contribution in [-0.4, -0.2) is 46.1 Å². The van der Waals surface area contributed by atoms with Gasteiger partial charge in [-0.05, 0) is 38.3 Å². The molecule has 0 unspecified atom stereocenters. The monoisotopic (exact) mass is 344 g/mol. The largest absolute Gasteiger partial charge is 0.357 e. The van der Waals surface area contributed by atoms with E-state index in [0.717, 1.165) is 12.8 Å². The van der Waals surface area contributed by atoms with Crippen molar-refractivity contribution < 1.29 is 14.0 Å². The molecule has 0 aliphatic carbocycles. The molecule has 1 aliphatic rings. The highest BCUT2D eigenvalue weighted by molar-refractivity contribution is 5.98. The van der Waals surface area contributed by atoms with Gasteiger partial charge in [-0.1, -0.05) is 12.1 Å². The molecule has 2 aromatic rings. The number of aromatic nitrogens is 2. The van der Waals surface area contributed by atoms with Gasteiger partial charge < -0.3 is 10.2 Å². The summed E-state index contributed by atoms with van der Waals surface area (Å²) in [7, 11) is 1.57. The predicted octanol–water partition coefficient (Wildman–Crippen LogP) is 2.06. The Kier molecular flexibility index (Phi) is 4.83. The summed E-state index contributed by atoms with van der Waals surface area (Å²) in [6, 6.07) is 5.81. The number of para-hydroxylation sites is 1. The lowest BCUT2D eigenvalue weighted by Gasteiger charge is -2.34. The number of benzene rings is 1. The van der Waals surface area contributed by atoms with Gasteiger partial charge in [-0.2, -0.15) is 5.10 Å². The quantitative estimate of drug-likeness (QED) is 0.927. The van der Waals surface area contributed by atoms with Crippen molar-refractivity contribution in [3.8, 4) is 5.69 Å². The Balaban J connectivity index is 1.93. The number of amides is 2. The number of nitrogens with one attached hydrogen (secondary N) is 1. The number of likely N-dealkylation sites (tertiary alicyclic amines) is 1. The highest BCUT2D eigenvalue weighted by Gasteiger charge is 2.33. The van der Waals surface area contributed by atoms with Crippen LogP contribution >= 0.6 is 0 Å². The van der Waals surface area contributed by atoms with Gasteiger partial charge in [-0.3, -0.25) is 9.59 Å². The zero-order chi connectivity index (χ0) is 18.0. The number of hydrogen-bond donors (Lipinski definition) is 1. The van der Waals surface area contributed by atoms with Gasteiger partial charge in [0.25, 0.3) is 5.91 Å². The van der Waals surface area contributed by atoms with E-state index in [1.165, 1.54) is 16.9 Å². The van der Waals surface area contributed by atoms with Crippen molar-refractivity contribution >= 4 is 11.8 Å². The third-order valence-corrected chi connectivity index (χ3v) is 4.63. The molecule has 1 atom stereocenters. The zero-order valence-electron chi connectivity index (χ0n) is 14.3. The van der Waals surface area contributed by atoms with Crippen LogP contribution in [0.3, 0.4) is 0 Å². The molecular formula is C18H21FN4O2. The number of nitrogens with zero attached hydrogens (tertiary/aromatic N) is 3. The second kappa shape index (κ2) is 7.04. The van der Waals surface area contributed by atoms with Crippen molar-refractivity contribution in [3.63, 3.8) is 0 Å². The maximum atomic E-state index is 14.0. The number of carbonyl (C=O) groups is 2. The van der Waals surface area contributed by atoms with Crippen molar-refractivity contribution in [2.75, 3.05) is 13.6 Å². The third kappa shape index (κ3) is 3.14. The highest BCUT2D eigenvalue weighted by atomic mass is 19.1. The van der Waals surface area contributed by atoms with Crippen LogP contribution in [0.15, 0.2) is 30.5 Å². The number of hydrogen-bond acceptors (Lipinski definition) is 3. The lowest BCUT2D eigenvalue weighted by Crippen LogP contribution is -2.51. The van der Waals surface area contributed by atoms with E-state index in [9.17, 15) is 14.0 Å². The summed E-state index contributed by atoms with van der Waals surface area (Å²) in [5, 5.41) is 6.80. The summed E-state index contributed by atoms with van der Waals surface area (Å²) in [6.45, 7) is 2.26. The lowest BCUT2D eigenvalue weighted by molar-refractivity contribution is -0.126. The van der Waals surface area contributed by atoms with E-state index in [-0.39, 0.29) is 11.8 Å².